The molecule has 0 bridgehead atoms. The highest BCUT2D eigenvalue weighted by Gasteiger charge is 2.36. The van der Waals surface area contributed by atoms with Gasteiger partial charge in [-0.2, -0.15) is 0 Å². The fraction of sp³-hybridized carbons (Fsp3) is 1.00. The first-order chi connectivity index (χ1) is 9.38. The van der Waals surface area contributed by atoms with Gasteiger partial charge < -0.3 is 10.2 Å². The van der Waals surface area contributed by atoms with Crippen LogP contribution in [0.15, 0.2) is 0 Å². The van der Waals surface area contributed by atoms with Gasteiger partial charge in [0.15, 0.2) is 0 Å². The lowest BCUT2D eigenvalue weighted by atomic mass is 9.82. The number of hydrogen-bond acceptors (Lipinski definition) is 2. The Bertz CT molecular complexity index is 300. The fourth-order valence-electron chi connectivity index (χ4n) is 4.58. The van der Waals surface area contributed by atoms with Crippen molar-refractivity contribution in [2.75, 3.05) is 13.1 Å². The Kier molecular flexibility index (Phi) is 3.57. The smallest absolute Gasteiger partial charge is 0.00964 e. The lowest BCUT2D eigenvalue weighted by Crippen LogP contribution is -2.48. The van der Waals surface area contributed by atoms with Crippen molar-refractivity contribution in [1.29, 1.82) is 0 Å². The summed E-state index contributed by atoms with van der Waals surface area (Å²) < 4.78 is 0. The summed E-state index contributed by atoms with van der Waals surface area (Å²) in [4.78, 5) is 2.74. The Morgan fingerprint density at radius 2 is 1.47 bits per heavy atom. The van der Waals surface area contributed by atoms with Crippen LogP contribution in [-0.4, -0.2) is 36.1 Å². The molecule has 4 fully saturated rings. The van der Waals surface area contributed by atoms with Crippen molar-refractivity contribution in [2.45, 2.75) is 82.3 Å². The summed E-state index contributed by atoms with van der Waals surface area (Å²) in [5, 5.41) is 4.02. The van der Waals surface area contributed by atoms with E-state index in [2.05, 4.69) is 10.2 Å². The first-order valence-electron chi connectivity index (χ1n) is 8.88. The second kappa shape index (κ2) is 5.37. The van der Waals surface area contributed by atoms with Crippen LogP contribution in [0.5, 0.6) is 0 Å². The molecule has 3 saturated carbocycles. The van der Waals surface area contributed by atoms with E-state index in [1.54, 1.807) is 0 Å². The van der Waals surface area contributed by atoms with Crippen molar-refractivity contribution in [3.05, 3.63) is 0 Å². The summed E-state index contributed by atoms with van der Waals surface area (Å²) in [5.41, 5.74) is 0. The lowest BCUT2D eigenvalue weighted by molar-refractivity contribution is 0.167. The summed E-state index contributed by atoms with van der Waals surface area (Å²) in [6.45, 7) is 2.72. The standard InChI is InChI=1S/C17H30N2/c1-2-14(13-4-5-13)12-16(3-1)18-15-8-10-19(11-9-15)17-6-7-17/h13-18H,1-12H2. The molecular formula is C17H30N2. The van der Waals surface area contributed by atoms with Gasteiger partial charge in [-0.3, -0.25) is 0 Å². The zero-order valence-corrected chi connectivity index (χ0v) is 12.3. The van der Waals surface area contributed by atoms with Crippen molar-refractivity contribution >= 4 is 0 Å². The van der Waals surface area contributed by atoms with Gasteiger partial charge in [0.2, 0.25) is 0 Å². The molecule has 0 amide bonds. The van der Waals surface area contributed by atoms with Crippen molar-refractivity contribution < 1.29 is 0 Å². The topological polar surface area (TPSA) is 15.3 Å². The third-order valence-corrected chi connectivity index (χ3v) is 6.07. The summed E-state index contributed by atoms with van der Waals surface area (Å²) >= 11 is 0. The molecule has 2 atom stereocenters. The summed E-state index contributed by atoms with van der Waals surface area (Å²) in [7, 11) is 0. The van der Waals surface area contributed by atoms with E-state index in [1.165, 1.54) is 77.3 Å². The molecule has 1 saturated heterocycles. The van der Waals surface area contributed by atoms with E-state index in [4.69, 9.17) is 0 Å². The van der Waals surface area contributed by atoms with Crippen molar-refractivity contribution in [3.8, 4) is 0 Å². The minimum Gasteiger partial charge on any atom is -0.311 e. The summed E-state index contributed by atoms with van der Waals surface area (Å²) in [6, 6.07) is 2.67. The van der Waals surface area contributed by atoms with Crippen LogP contribution < -0.4 is 5.32 Å². The Balaban J connectivity index is 1.22. The number of piperidine rings is 1. The molecule has 4 rings (SSSR count). The largest absolute Gasteiger partial charge is 0.311 e. The van der Waals surface area contributed by atoms with Crippen LogP contribution in [0.3, 0.4) is 0 Å². The average Bonchev–Trinajstić information content (AvgIpc) is 3.31. The maximum Gasteiger partial charge on any atom is 0.00964 e. The fourth-order valence-corrected chi connectivity index (χ4v) is 4.58. The second-order valence-corrected chi connectivity index (χ2v) is 7.67. The Morgan fingerprint density at radius 3 is 2.16 bits per heavy atom. The Morgan fingerprint density at radius 1 is 0.684 bits per heavy atom. The van der Waals surface area contributed by atoms with E-state index in [9.17, 15) is 0 Å². The molecule has 1 heterocycles. The van der Waals surface area contributed by atoms with Crippen LogP contribution >= 0.6 is 0 Å². The molecule has 1 N–H and O–H groups in total. The molecule has 0 aromatic heterocycles. The molecule has 2 nitrogen and oxygen atoms in total. The van der Waals surface area contributed by atoms with Crippen LogP contribution in [0.25, 0.3) is 0 Å². The average molecular weight is 262 g/mol. The minimum absolute atomic E-state index is 0.831. The number of likely N-dealkylation sites (tertiary alicyclic amines) is 1. The normalized spacial score (nSPS) is 38.5. The molecule has 4 aliphatic rings. The van der Waals surface area contributed by atoms with Crippen molar-refractivity contribution in [1.82, 2.24) is 10.2 Å². The van der Waals surface area contributed by atoms with Gasteiger partial charge in [0.05, 0.1) is 0 Å². The molecule has 3 aliphatic carbocycles. The number of nitrogens with one attached hydrogen (secondary N) is 1. The molecule has 19 heavy (non-hydrogen) atoms. The Labute approximate surface area is 118 Å². The van der Waals surface area contributed by atoms with Crippen LogP contribution in [0.1, 0.15) is 64.2 Å². The highest BCUT2D eigenvalue weighted by molar-refractivity contribution is 4.92. The summed E-state index contributed by atoms with van der Waals surface area (Å²) in [5.74, 6) is 2.21. The van der Waals surface area contributed by atoms with E-state index in [-0.39, 0.29) is 0 Å². The van der Waals surface area contributed by atoms with Gasteiger partial charge >= 0.3 is 0 Å². The Hall–Kier alpha value is -0.0800. The number of nitrogens with zero attached hydrogens (tertiary/aromatic N) is 1. The van der Waals surface area contributed by atoms with E-state index < -0.39 is 0 Å². The monoisotopic (exact) mass is 262 g/mol. The van der Waals surface area contributed by atoms with E-state index in [1.807, 2.05) is 0 Å². The van der Waals surface area contributed by atoms with Crippen molar-refractivity contribution in [2.24, 2.45) is 11.8 Å². The quantitative estimate of drug-likeness (QED) is 0.837. The van der Waals surface area contributed by atoms with E-state index in [0.717, 1.165) is 30.0 Å². The predicted octanol–water partition coefficient (Wildman–Crippen LogP) is 3.17. The van der Waals surface area contributed by atoms with Gasteiger partial charge in [-0.05, 0) is 76.3 Å². The maximum atomic E-state index is 4.02. The molecule has 0 spiro atoms. The zero-order chi connectivity index (χ0) is 12.7. The van der Waals surface area contributed by atoms with Crippen molar-refractivity contribution in [3.63, 3.8) is 0 Å². The lowest BCUT2D eigenvalue weighted by Gasteiger charge is -2.37. The molecule has 0 aromatic rings. The third kappa shape index (κ3) is 3.16. The predicted molar refractivity (Wildman–Crippen MR) is 79.2 cm³/mol. The highest BCUT2D eigenvalue weighted by Crippen LogP contribution is 2.44. The van der Waals surface area contributed by atoms with Crippen LogP contribution in [0.2, 0.25) is 0 Å². The second-order valence-electron chi connectivity index (χ2n) is 7.67. The van der Waals surface area contributed by atoms with Gasteiger partial charge in [0, 0.05) is 18.1 Å². The molecule has 2 heteroatoms. The van der Waals surface area contributed by atoms with Crippen LogP contribution in [0, 0.1) is 11.8 Å². The molecule has 2 unspecified atom stereocenters. The van der Waals surface area contributed by atoms with Gasteiger partial charge in [0.25, 0.3) is 0 Å². The van der Waals surface area contributed by atoms with Gasteiger partial charge in [0.1, 0.15) is 0 Å². The molecule has 108 valence electrons. The van der Waals surface area contributed by atoms with Crippen LogP contribution in [0.4, 0.5) is 0 Å². The van der Waals surface area contributed by atoms with Gasteiger partial charge in [-0.15, -0.1) is 0 Å². The van der Waals surface area contributed by atoms with E-state index in [0.29, 0.717) is 0 Å². The first kappa shape index (κ1) is 12.6. The maximum absolute atomic E-state index is 4.02. The molecule has 1 aliphatic heterocycles. The van der Waals surface area contributed by atoms with Crippen LogP contribution in [-0.2, 0) is 0 Å². The van der Waals surface area contributed by atoms with Gasteiger partial charge in [-0.25, -0.2) is 0 Å². The van der Waals surface area contributed by atoms with Gasteiger partial charge in [-0.1, -0.05) is 12.8 Å². The zero-order valence-electron chi connectivity index (χ0n) is 12.3. The molecule has 0 aromatic carbocycles. The highest BCUT2D eigenvalue weighted by atomic mass is 15.2. The number of rotatable bonds is 4. The third-order valence-electron chi connectivity index (χ3n) is 6.07. The molecule has 0 radical (unpaired) electrons. The number of hydrogen-bond donors (Lipinski definition) is 1. The minimum atomic E-state index is 0.831. The first-order valence-corrected chi connectivity index (χ1v) is 8.88. The summed E-state index contributed by atoms with van der Waals surface area (Å²) in [6.07, 6.45) is 14.8. The molecular weight excluding hydrogens is 232 g/mol. The SMILES string of the molecule is C1CC(NC2CCN(C3CC3)CC2)CC(C2CC2)C1. The van der Waals surface area contributed by atoms with E-state index >= 15 is 0 Å².